The van der Waals surface area contributed by atoms with Crippen molar-refractivity contribution in [3.05, 3.63) is 64.4 Å². The number of fused-ring (bicyclic) bond motifs is 4. The van der Waals surface area contributed by atoms with E-state index >= 15 is 0 Å². The third-order valence-electron chi connectivity index (χ3n) is 5.83. The van der Waals surface area contributed by atoms with E-state index in [0.29, 0.717) is 33.9 Å². The van der Waals surface area contributed by atoms with E-state index in [-0.39, 0.29) is 12.1 Å². The monoisotopic (exact) mass is 517 g/mol. The van der Waals surface area contributed by atoms with Crippen LogP contribution in [0.15, 0.2) is 53.1 Å². The topological polar surface area (TPSA) is 61.4 Å². The van der Waals surface area contributed by atoms with Crippen LogP contribution in [-0.2, 0) is 6.18 Å². The van der Waals surface area contributed by atoms with Crippen LogP contribution in [0.5, 0.6) is 0 Å². The number of aryl methyl sites for hydroxylation is 1. The molecule has 0 saturated carbocycles. The number of alkyl halides is 3. The van der Waals surface area contributed by atoms with Gasteiger partial charge < -0.3 is 10.2 Å². The van der Waals surface area contributed by atoms with Gasteiger partial charge in [-0.2, -0.15) is 13.2 Å². The molecule has 0 unspecified atom stereocenters. The van der Waals surface area contributed by atoms with E-state index < -0.39 is 11.7 Å². The molecule has 10 heteroatoms. The van der Waals surface area contributed by atoms with Gasteiger partial charge >= 0.3 is 12.2 Å². The van der Waals surface area contributed by atoms with Gasteiger partial charge in [0.1, 0.15) is 4.60 Å². The number of anilines is 3. The number of benzene rings is 1. The zero-order valence-electron chi connectivity index (χ0n) is 17.5. The number of carbonyl (C=O) groups is 1. The molecule has 2 aliphatic heterocycles. The fraction of sp³-hybridized carbons (Fsp3) is 0.261. The summed E-state index contributed by atoms with van der Waals surface area (Å²) in [6.07, 6.45) is -3.67. The molecule has 1 atom stereocenters. The Balaban J connectivity index is 1.53. The van der Waals surface area contributed by atoms with Crippen molar-refractivity contribution in [1.82, 2.24) is 9.97 Å². The zero-order valence-corrected chi connectivity index (χ0v) is 19.1. The Hall–Kier alpha value is -3.14. The largest absolute Gasteiger partial charge is 0.416 e. The second kappa shape index (κ2) is 8.02. The van der Waals surface area contributed by atoms with Gasteiger partial charge in [-0.1, -0.05) is 12.1 Å². The van der Waals surface area contributed by atoms with Crippen LogP contribution < -0.4 is 15.1 Å². The second-order valence-electron chi connectivity index (χ2n) is 8.13. The van der Waals surface area contributed by atoms with Gasteiger partial charge in [-0.05, 0) is 65.7 Å². The molecule has 2 bridgehead atoms. The predicted molar refractivity (Wildman–Crippen MR) is 123 cm³/mol. The van der Waals surface area contributed by atoms with Gasteiger partial charge in [0.15, 0.2) is 5.82 Å². The van der Waals surface area contributed by atoms with Crippen molar-refractivity contribution < 1.29 is 18.0 Å². The zero-order chi connectivity index (χ0) is 23.3. The number of rotatable bonds is 2. The molecule has 1 N–H and O–H groups in total. The van der Waals surface area contributed by atoms with Gasteiger partial charge in [-0.15, -0.1) is 0 Å². The van der Waals surface area contributed by atoms with E-state index in [0.717, 1.165) is 36.5 Å². The van der Waals surface area contributed by atoms with Gasteiger partial charge in [0.05, 0.1) is 23.0 Å². The third-order valence-corrected chi connectivity index (χ3v) is 6.24. The lowest BCUT2D eigenvalue weighted by Crippen LogP contribution is -2.48. The van der Waals surface area contributed by atoms with Crippen LogP contribution >= 0.6 is 15.9 Å². The molecule has 6 nitrogen and oxygen atoms in total. The summed E-state index contributed by atoms with van der Waals surface area (Å²) in [5.41, 5.74) is 2.11. The highest BCUT2D eigenvalue weighted by atomic mass is 79.9. The Bertz CT molecular complexity index is 1230. The first-order chi connectivity index (χ1) is 15.7. The summed E-state index contributed by atoms with van der Waals surface area (Å²) in [5, 5.41) is 2.91. The summed E-state index contributed by atoms with van der Waals surface area (Å²) in [4.78, 5) is 26.0. The summed E-state index contributed by atoms with van der Waals surface area (Å²) in [6.45, 7) is 3.30. The number of carbonyl (C=O) groups excluding carboxylic acids is 1. The minimum Gasteiger partial charge on any atom is -0.366 e. The van der Waals surface area contributed by atoms with E-state index in [1.54, 1.807) is 29.2 Å². The average Bonchev–Trinajstić information content (AvgIpc) is 3.16. The van der Waals surface area contributed by atoms with E-state index in [2.05, 4.69) is 36.1 Å². The molecule has 5 rings (SSSR count). The van der Waals surface area contributed by atoms with Crippen molar-refractivity contribution in [3.63, 3.8) is 0 Å². The SMILES string of the molecule is Cc1cc(NC(=O)N2c3nc(-c4cccc(C(F)(F)F)c4)ccc3N3CC[C@H]2C3)cc(Br)n1. The quantitative estimate of drug-likeness (QED) is 0.432. The second-order valence-corrected chi connectivity index (χ2v) is 8.94. The Morgan fingerprint density at radius 2 is 1.97 bits per heavy atom. The molecule has 0 radical (unpaired) electrons. The standard InChI is InChI=1S/C23H19BrF3N5O/c1-13-9-16(11-20(24)28-13)29-22(33)32-17-7-8-31(12-17)19-6-5-18(30-21(19)32)14-3-2-4-15(10-14)23(25,26)27/h2-6,9-11,17H,7-8,12H2,1H3,(H,28,29,33)/t17-/m0/s1. The molecule has 0 spiro atoms. The number of pyridine rings is 2. The maximum atomic E-state index is 13.3. The predicted octanol–water partition coefficient (Wildman–Crippen LogP) is 5.86. The van der Waals surface area contributed by atoms with E-state index in [4.69, 9.17) is 0 Å². The molecule has 1 saturated heterocycles. The minimum atomic E-state index is -4.45. The van der Waals surface area contributed by atoms with Crippen LogP contribution in [0.25, 0.3) is 11.3 Å². The van der Waals surface area contributed by atoms with Crippen molar-refractivity contribution in [3.8, 4) is 11.3 Å². The molecule has 3 aromatic rings. The van der Waals surface area contributed by atoms with Gasteiger partial charge in [0, 0.05) is 30.0 Å². The molecule has 2 amide bonds. The molecular weight excluding hydrogens is 499 g/mol. The normalized spacial score (nSPS) is 17.2. The maximum absolute atomic E-state index is 13.3. The van der Waals surface area contributed by atoms with E-state index in [1.807, 2.05) is 13.0 Å². The van der Waals surface area contributed by atoms with Crippen LogP contribution in [0.4, 0.5) is 35.2 Å². The van der Waals surface area contributed by atoms with Gasteiger partial charge in [0.2, 0.25) is 0 Å². The van der Waals surface area contributed by atoms with Gasteiger partial charge in [-0.3, -0.25) is 4.90 Å². The molecule has 4 heterocycles. The van der Waals surface area contributed by atoms with Crippen molar-refractivity contribution in [2.24, 2.45) is 0 Å². The highest BCUT2D eigenvalue weighted by Crippen LogP contribution is 2.41. The van der Waals surface area contributed by atoms with Crippen molar-refractivity contribution >= 4 is 39.2 Å². The highest BCUT2D eigenvalue weighted by molar-refractivity contribution is 9.10. The molecule has 0 aliphatic carbocycles. The number of hydrogen-bond acceptors (Lipinski definition) is 4. The molecule has 1 fully saturated rings. The summed E-state index contributed by atoms with van der Waals surface area (Å²) >= 11 is 3.34. The number of aromatic nitrogens is 2. The number of hydrogen-bond donors (Lipinski definition) is 1. The Kier molecular flexibility index (Phi) is 5.27. The van der Waals surface area contributed by atoms with Crippen LogP contribution in [0.2, 0.25) is 0 Å². The number of urea groups is 1. The maximum Gasteiger partial charge on any atom is 0.416 e. The summed E-state index contributed by atoms with van der Waals surface area (Å²) < 4.78 is 40.2. The summed E-state index contributed by atoms with van der Waals surface area (Å²) in [6, 6.07) is 11.6. The Labute approximate surface area is 196 Å². The first kappa shape index (κ1) is 21.7. The fourth-order valence-corrected chi connectivity index (χ4v) is 4.90. The number of halogens is 4. The molecule has 33 heavy (non-hydrogen) atoms. The van der Waals surface area contributed by atoms with Crippen LogP contribution in [0.1, 0.15) is 17.7 Å². The lowest BCUT2D eigenvalue weighted by Gasteiger charge is -2.36. The first-order valence-corrected chi connectivity index (χ1v) is 11.2. The highest BCUT2D eigenvalue weighted by Gasteiger charge is 2.40. The summed E-state index contributed by atoms with van der Waals surface area (Å²) in [7, 11) is 0. The molecule has 170 valence electrons. The van der Waals surface area contributed by atoms with Crippen LogP contribution in [0.3, 0.4) is 0 Å². The lowest BCUT2D eigenvalue weighted by atomic mass is 10.1. The Morgan fingerprint density at radius 1 is 1.15 bits per heavy atom. The van der Waals surface area contributed by atoms with Crippen molar-refractivity contribution in [1.29, 1.82) is 0 Å². The number of nitrogens with zero attached hydrogens (tertiary/aromatic N) is 4. The average molecular weight is 518 g/mol. The fourth-order valence-electron chi connectivity index (χ4n) is 4.37. The van der Waals surface area contributed by atoms with Crippen LogP contribution in [-0.4, -0.2) is 35.1 Å². The number of amides is 2. The summed E-state index contributed by atoms with van der Waals surface area (Å²) in [5.74, 6) is 0.445. The Morgan fingerprint density at radius 3 is 2.73 bits per heavy atom. The number of nitrogens with one attached hydrogen (secondary N) is 1. The van der Waals surface area contributed by atoms with Crippen LogP contribution in [0, 0.1) is 6.92 Å². The van der Waals surface area contributed by atoms with E-state index in [1.165, 1.54) is 6.07 Å². The minimum absolute atomic E-state index is 0.0758. The van der Waals surface area contributed by atoms with Gasteiger partial charge in [0.25, 0.3) is 0 Å². The molecule has 2 aromatic heterocycles. The van der Waals surface area contributed by atoms with Crippen molar-refractivity contribution in [2.75, 3.05) is 28.2 Å². The molecular formula is C23H19BrF3N5O. The van der Waals surface area contributed by atoms with Crippen molar-refractivity contribution in [2.45, 2.75) is 25.6 Å². The lowest BCUT2D eigenvalue weighted by molar-refractivity contribution is -0.137. The van der Waals surface area contributed by atoms with Gasteiger partial charge in [-0.25, -0.2) is 14.8 Å². The van der Waals surface area contributed by atoms with E-state index in [9.17, 15) is 18.0 Å². The first-order valence-electron chi connectivity index (χ1n) is 10.4. The molecule has 1 aromatic carbocycles. The smallest absolute Gasteiger partial charge is 0.366 e. The third kappa shape index (κ3) is 4.15. The molecule has 2 aliphatic rings.